The summed E-state index contributed by atoms with van der Waals surface area (Å²) in [5, 5.41) is 7.85. The van der Waals surface area contributed by atoms with E-state index in [-0.39, 0.29) is 5.54 Å². The third kappa shape index (κ3) is 5.67. The molecule has 1 atom stereocenters. The largest absolute Gasteiger partial charge is 0.312 e. The summed E-state index contributed by atoms with van der Waals surface area (Å²) in [7, 11) is 1.98. The van der Waals surface area contributed by atoms with Gasteiger partial charge in [0.05, 0.1) is 6.20 Å². The monoisotopic (exact) mass is 251 g/mol. The van der Waals surface area contributed by atoms with Crippen LogP contribution in [0.2, 0.25) is 0 Å². The van der Waals surface area contributed by atoms with E-state index >= 15 is 0 Å². The minimum absolute atomic E-state index is 0.210. The Hall–Kier alpha value is -0.830. The highest BCUT2D eigenvalue weighted by Gasteiger charge is 2.17. The summed E-state index contributed by atoms with van der Waals surface area (Å²) in [5.41, 5.74) is 1.56. The van der Waals surface area contributed by atoms with Crippen LogP contribution in [0.4, 0.5) is 0 Å². The third-order valence-corrected chi connectivity index (χ3v) is 3.40. The minimum Gasteiger partial charge on any atom is -0.312 e. The molecule has 1 aromatic heterocycles. The Labute approximate surface area is 112 Å². The van der Waals surface area contributed by atoms with Crippen LogP contribution in [0.15, 0.2) is 12.4 Å². The molecule has 1 rings (SSSR count). The smallest absolute Gasteiger partial charge is 0.0521 e. The van der Waals surface area contributed by atoms with Crippen molar-refractivity contribution in [2.24, 2.45) is 18.9 Å². The van der Waals surface area contributed by atoms with Crippen LogP contribution < -0.4 is 5.32 Å². The minimum atomic E-state index is 0.210. The SMILES string of the molecule is CC(C)C(CCc1cnn(C)c1)CNC(C)(C)C. The molecule has 3 heteroatoms. The quantitative estimate of drug-likeness (QED) is 0.842. The van der Waals surface area contributed by atoms with Gasteiger partial charge in [-0.1, -0.05) is 13.8 Å². The van der Waals surface area contributed by atoms with Crippen LogP contribution in [0.25, 0.3) is 0 Å². The van der Waals surface area contributed by atoms with Crippen LogP contribution in [0.1, 0.15) is 46.6 Å². The summed E-state index contributed by atoms with van der Waals surface area (Å²) in [6.07, 6.45) is 6.46. The first-order chi connectivity index (χ1) is 8.28. The van der Waals surface area contributed by atoms with Crippen LogP contribution >= 0.6 is 0 Å². The zero-order valence-electron chi connectivity index (χ0n) is 12.8. The first kappa shape index (κ1) is 15.2. The van der Waals surface area contributed by atoms with Gasteiger partial charge in [-0.15, -0.1) is 0 Å². The molecule has 0 aromatic carbocycles. The van der Waals surface area contributed by atoms with Gasteiger partial charge >= 0.3 is 0 Å². The van der Waals surface area contributed by atoms with E-state index in [0.717, 1.165) is 24.8 Å². The highest BCUT2D eigenvalue weighted by atomic mass is 15.2. The van der Waals surface area contributed by atoms with Crippen molar-refractivity contribution in [3.05, 3.63) is 18.0 Å². The predicted octanol–water partition coefficient (Wildman–Crippen LogP) is 3.01. The number of nitrogens with zero attached hydrogens (tertiary/aromatic N) is 2. The number of hydrogen-bond acceptors (Lipinski definition) is 2. The summed E-state index contributed by atoms with van der Waals surface area (Å²) in [6.45, 7) is 12.4. The summed E-state index contributed by atoms with van der Waals surface area (Å²) in [6, 6.07) is 0. The fourth-order valence-electron chi connectivity index (χ4n) is 2.06. The molecule has 0 aliphatic rings. The van der Waals surface area contributed by atoms with Gasteiger partial charge in [-0.2, -0.15) is 5.10 Å². The van der Waals surface area contributed by atoms with Gasteiger partial charge in [-0.25, -0.2) is 0 Å². The lowest BCUT2D eigenvalue weighted by Gasteiger charge is -2.27. The van der Waals surface area contributed by atoms with Crippen molar-refractivity contribution in [2.75, 3.05) is 6.54 Å². The van der Waals surface area contributed by atoms with Crippen molar-refractivity contribution in [1.29, 1.82) is 0 Å². The van der Waals surface area contributed by atoms with Gasteiger partial charge in [0.2, 0.25) is 0 Å². The Kier molecular flexibility index (Phi) is 5.39. The molecule has 0 aliphatic carbocycles. The van der Waals surface area contributed by atoms with Gasteiger partial charge in [-0.3, -0.25) is 4.68 Å². The summed E-state index contributed by atoms with van der Waals surface area (Å²) in [4.78, 5) is 0. The van der Waals surface area contributed by atoms with Crippen molar-refractivity contribution in [3.63, 3.8) is 0 Å². The fourth-order valence-corrected chi connectivity index (χ4v) is 2.06. The Morgan fingerprint density at radius 2 is 2.00 bits per heavy atom. The van der Waals surface area contributed by atoms with Crippen molar-refractivity contribution in [2.45, 2.75) is 53.0 Å². The molecule has 18 heavy (non-hydrogen) atoms. The number of aryl methyl sites for hydroxylation is 2. The fraction of sp³-hybridized carbons (Fsp3) is 0.800. The van der Waals surface area contributed by atoms with E-state index in [0.29, 0.717) is 0 Å². The molecule has 3 nitrogen and oxygen atoms in total. The van der Waals surface area contributed by atoms with Gasteiger partial charge in [0.15, 0.2) is 0 Å². The lowest BCUT2D eigenvalue weighted by molar-refractivity contribution is 0.299. The predicted molar refractivity (Wildman–Crippen MR) is 77.6 cm³/mol. The molecular weight excluding hydrogens is 222 g/mol. The van der Waals surface area contributed by atoms with E-state index in [1.165, 1.54) is 12.0 Å². The molecule has 0 saturated carbocycles. The molecule has 104 valence electrons. The van der Waals surface area contributed by atoms with Crippen LogP contribution in [-0.4, -0.2) is 21.9 Å². The second-order valence-corrected chi connectivity index (χ2v) is 6.70. The molecule has 0 fully saturated rings. The Balaban J connectivity index is 2.43. The average Bonchev–Trinajstić information content (AvgIpc) is 2.62. The highest BCUT2D eigenvalue weighted by molar-refractivity contribution is 5.03. The number of nitrogens with one attached hydrogen (secondary N) is 1. The molecule has 1 aromatic rings. The first-order valence-corrected chi connectivity index (χ1v) is 7.00. The molecule has 1 heterocycles. The Morgan fingerprint density at radius 3 is 2.44 bits per heavy atom. The molecule has 0 aliphatic heterocycles. The van der Waals surface area contributed by atoms with E-state index in [2.05, 4.69) is 51.2 Å². The van der Waals surface area contributed by atoms with Crippen LogP contribution in [-0.2, 0) is 13.5 Å². The van der Waals surface area contributed by atoms with Crippen LogP contribution in [0.5, 0.6) is 0 Å². The van der Waals surface area contributed by atoms with Crippen molar-refractivity contribution >= 4 is 0 Å². The Bertz CT molecular complexity index is 347. The summed E-state index contributed by atoms with van der Waals surface area (Å²) < 4.78 is 1.88. The van der Waals surface area contributed by atoms with E-state index in [4.69, 9.17) is 0 Å². The van der Waals surface area contributed by atoms with E-state index < -0.39 is 0 Å². The van der Waals surface area contributed by atoms with Crippen molar-refractivity contribution in [1.82, 2.24) is 15.1 Å². The highest BCUT2D eigenvalue weighted by Crippen LogP contribution is 2.18. The van der Waals surface area contributed by atoms with Crippen LogP contribution in [0, 0.1) is 11.8 Å². The maximum atomic E-state index is 4.23. The number of hydrogen-bond donors (Lipinski definition) is 1. The zero-order chi connectivity index (χ0) is 13.8. The lowest BCUT2D eigenvalue weighted by Crippen LogP contribution is -2.40. The molecule has 0 saturated heterocycles. The van der Waals surface area contributed by atoms with Gasteiger partial charge in [-0.05, 0) is 57.6 Å². The standard InChI is InChI=1S/C15H29N3/c1-12(2)14(10-16-15(3,4)5)8-7-13-9-17-18(6)11-13/h9,11-12,14,16H,7-8,10H2,1-6H3. The van der Waals surface area contributed by atoms with Gasteiger partial charge in [0, 0.05) is 18.8 Å². The molecule has 1 unspecified atom stereocenters. The topological polar surface area (TPSA) is 29.9 Å². The molecule has 1 N–H and O–H groups in total. The summed E-state index contributed by atoms with van der Waals surface area (Å²) in [5.74, 6) is 1.45. The second-order valence-electron chi connectivity index (χ2n) is 6.70. The van der Waals surface area contributed by atoms with Crippen molar-refractivity contribution < 1.29 is 0 Å². The molecule has 0 radical (unpaired) electrons. The first-order valence-electron chi connectivity index (χ1n) is 7.00. The van der Waals surface area contributed by atoms with E-state index in [9.17, 15) is 0 Å². The second kappa shape index (κ2) is 6.37. The molecule has 0 bridgehead atoms. The lowest BCUT2D eigenvalue weighted by atomic mass is 9.89. The molecular formula is C15H29N3. The van der Waals surface area contributed by atoms with E-state index in [1.807, 2.05) is 17.9 Å². The van der Waals surface area contributed by atoms with Crippen LogP contribution in [0.3, 0.4) is 0 Å². The van der Waals surface area contributed by atoms with E-state index in [1.54, 1.807) is 0 Å². The third-order valence-electron chi connectivity index (χ3n) is 3.40. The van der Waals surface area contributed by atoms with Gasteiger partial charge in [0.25, 0.3) is 0 Å². The number of aromatic nitrogens is 2. The summed E-state index contributed by atoms with van der Waals surface area (Å²) >= 11 is 0. The van der Waals surface area contributed by atoms with Gasteiger partial charge in [0.1, 0.15) is 0 Å². The molecule has 0 amide bonds. The Morgan fingerprint density at radius 1 is 1.33 bits per heavy atom. The molecule has 0 spiro atoms. The number of rotatable bonds is 6. The maximum Gasteiger partial charge on any atom is 0.0521 e. The van der Waals surface area contributed by atoms with Gasteiger partial charge < -0.3 is 5.32 Å². The zero-order valence-corrected chi connectivity index (χ0v) is 12.8. The average molecular weight is 251 g/mol. The normalized spacial score (nSPS) is 14.2. The maximum absolute atomic E-state index is 4.23. The van der Waals surface area contributed by atoms with Crippen molar-refractivity contribution in [3.8, 4) is 0 Å².